The number of carbonyl (C=O) groups excluding carboxylic acids is 3. The maximum absolute atomic E-state index is 12.3. The van der Waals surface area contributed by atoms with Crippen molar-refractivity contribution in [3.05, 3.63) is 70.7 Å². The molecule has 0 unspecified atom stereocenters. The number of nitrogens with zero attached hydrogens (tertiary/aromatic N) is 2. The zero-order valence-corrected chi connectivity index (χ0v) is 17.6. The lowest BCUT2D eigenvalue weighted by Crippen LogP contribution is -2.30. The SMILES string of the molecule is CC(=O)c1cc(C(=O)OCC(=O)N(C)Cc2ccc(-c3ccc(Cl)cc3)o2)n(C)c1. The first-order valence-corrected chi connectivity index (χ1v) is 9.55. The van der Waals surface area contributed by atoms with Gasteiger partial charge in [0.2, 0.25) is 0 Å². The van der Waals surface area contributed by atoms with Gasteiger partial charge in [0, 0.05) is 36.4 Å². The Kier molecular flexibility index (Phi) is 6.42. The molecule has 8 heteroatoms. The summed E-state index contributed by atoms with van der Waals surface area (Å²) in [5, 5.41) is 0.637. The predicted octanol–water partition coefficient (Wildman–Crippen LogP) is 3.96. The van der Waals surface area contributed by atoms with Gasteiger partial charge in [0.15, 0.2) is 12.4 Å². The largest absolute Gasteiger partial charge is 0.459 e. The van der Waals surface area contributed by atoms with E-state index >= 15 is 0 Å². The topological polar surface area (TPSA) is 81.8 Å². The Morgan fingerprint density at radius 1 is 1.13 bits per heavy atom. The Hall–Kier alpha value is -3.32. The van der Waals surface area contributed by atoms with Crippen LogP contribution in [0.1, 0.15) is 33.5 Å². The number of halogens is 1. The molecule has 3 rings (SSSR count). The van der Waals surface area contributed by atoms with Crippen LogP contribution in [0.2, 0.25) is 5.02 Å². The molecule has 156 valence electrons. The summed E-state index contributed by atoms with van der Waals surface area (Å²) in [6.07, 6.45) is 1.54. The van der Waals surface area contributed by atoms with Crippen LogP contribution in [-0.2, 0) is 23.1 Å². The average Bonchev–Trinajstić information content (AvgIpc) is 3.33. The van der Waals surface area contributed by atoms with Crippen molar-refractivity contribution in [2.45, 2.75) is 13.5 Å². The monoisotopic (exact) mass is 428 g/mol. The Labute approximate surface area is 178 Å². The summed E-state index contributed by atoms with van der Waals surface area (Å²) < 4.78 is 12.4. The number of aromatic nitrogens is 1. The van der Waals surface area contributed by atoms with Gasteiger partial charge in [-0.25, -0.2) is 4.79 Å². The van der Waals surface area contributed by atoms with E-state index in [-0.39, 0.29) is 23.9 Å². The summed E-state index contributed by atoms with van der Waals surface area (Å²) >= 11 is 5.90. The van der Waals surface area contributed by atoms with E-state index in [0.29, 0.717) is 22.1 Å². The number of furan rings is 1. The highest BCUT2D eigenvalue weighted by atomic mass is 35.5. The molecular weight excluding hydrogens is 408 g/mol. The number of esters is 1. The molecule has 0 bridgehead atoms. The molecule has 0 radical (unpaired) electrons. The van der Waals surface area contributed by atoms with Gasteiger partial charge in [0.25, 0.3) is 5.91 Å². The maximum Gasteiger partial charge on any atom is 0.355 e. The fraction of sp³-hybridized carbons (Fsp3) is 0.227. The summed E-state index contributed by atoms with van der Waals surface area (Å²) in [5.41, 5.74) is 1.48. The van der Waals surface area contributed by atoms with E-state index < -0.39 is 12.6 Å². The summed E-state index contributed by atoms with van der Waals surface area (Å²) in [4.78, 5) is 37.4. The molecule has 0 aliphatic rings. The minimum Gasteiger partial charge on any atom is -0.459 e. The molecule has 0 spiro atoms. The number of rotatable bonds is 7. The number of hydrogen-bond donors (Lipinski definition) is 0. The molecule has 0 aliphatic carbocycles. The first-order chi connectivity index (χ1) is 14.2. The average molecular weight is 429 g/mol. The summed E-state index contributed by atoms with van der Waals surface area (Å²) in [5.74, 6) is 0.0510. The highest BCUT2D eigenvalue weighted by Gasteiger charge is 2.18. The molecule has 2 heterocycles. The second-order valence-electron chi connectivity index (χ2n) is 6.88. The minimum absolute atomic E-state index is 0.156. The Morgan fingerprint density at radius 3 is 2.47 bits per heavy atom. The van der Waals surface area contributed by atoms with Crippen LogP contribution in [0.3, 0.4) is 0 Å². The number of amides is 1. The van der Waals surface area contributed by atoms with Crippen molar-refractivity contribution in [3.63, 3.8) is 0 Å². The van der Waals surface area contributed by atoms with E-state index in [4.69, 9.17) is 20.8 Å². The number of benzene rings is 1. The molecule has 0 saturated heterocycles. The molecule has 30 heavy (non-hydrogen) atoms. The van der Waals surface area contributed by atoms with Crippen molar-refractivity contribution in [2.24, 2.45) is 7.05 Å². The van der Waals surface area contributed by atoms with E-state index in [1.54, 1.807) is 38.5 Å². The molecule has 0 fully saturated rings. The molecule has 1 aromatic carbocycles. The standard InChI is InChI=1S/C22H21ClN2O5/c1-14(26)16-10-19(24(2)11-16)22(28)29-13-21(27)25(3)12-18-8-9-20(30-18)15-4-6-17(23)7-5-15/h4-11H,12-13H2,1-3H3. The van der Waals surface area contributed by atoms with Gasteiger partial charge in [-0.1, -0.05) is 11.6 Å². The maximum atomic E-state index is 12.3. The zero-order valence-electron chi connectivity index (χ0n) is 16.8. The summed E-state index contributed by atoms with van der Waals surface area (Å²) in [6.45, 7) is 1.22. The molecule has 1 amide bonds. The van der Waals surface area contributed by atoms with Crippen molar-refractivity contribution >= 4 is 29.3 Å². The van der Waals surface area contributed by atoms with Crippen LogP contribution in [0, 0.1) is 0 Å². The van der Waals surface area contributed by atoms with Crippen LogP contribution in [0.4, 0.5) is 0 Å². The first-order valence-electron chi connectivity index (χ1n) is 9.17. The van der Waals surface area contributed by atoms with E-state index in [2.05, 4.69) is 0 Å². The van der Waals surface area contributed by atoms with Crippen LogP contribution < -0.4 is 0 Å². The number of carbonyl (C=O) groups is 3. The fourth-order valence-corrected chi connectivity index (χ4v) is 2.95. The molecule has 7 nitrogen and oxygen atoms in total. The number of aryl methyl sites for hydroxylation is 1. The van der Waals surface area contributed by atoms with Crippen LogP contribution in [0.15, 0.2) is 53.1 Å². The van der Waals surface area contributed by atoms with Crippen LogP contribution >= 0.6 is 11.6 Å². The molecular formula is C22H21ClN2O5. The third kappa shape index (κ3) is 4.99. The molecule has 0 saturated carbocycles. The minimum atomic E-state index is -0.672. The molecule has 2 aromatic heterocycles. The highest BCUT2D eigenvalue weighted by molar-refractivity contribution is 6.30. The lowest BCUT2D eigenvalue weighted by atomic mass is 10.2. The normalized spacial score (nSPS) is 10.7. The second kappa shape index (κ2) is 9.00. The van der Waals surface area contributed by atoms with Crippen molar-refractivity contribution in [3.8, 4) is 11.3 Å². The number of likely N-dealkylation sites (N-methyl/N-ethyl adjacent to an activating group) is 1. The van der Waals surface area contributed by atoms with Gasteiger partial charge in [-0.15, -0.1) is 0 Å². The first kappa shape index (κ1) is 21.4. The summed E-state index contributed by atoms with van der Waals surface area (Å²) in [7, 11) is 3.23. The Morgan fingerprint density at radius 2 is 1.83 bits per heavy atom. The Bertz CT molecular complexity index is 1080. The van der Waals surface area contributed by atoms with Crippen LogP contribution in [-0.4, -0.2) is 40.8 Å². The third-order valence-corrected chi connectivity index (χ3v) is 4.81. The van der Waals surface area contributed by atoms with Crippen molar-refractivity contribution in [1.82, 2.24) is 9.47 Å². The molecule has 3 aromatic rings. The second-order valence-corrected chi connectivity index (χ2v) is 7.32. The van der Waals surface area contributed by atoms with Gasteiger partial charge in [-0.3, -0.25) is 9.59 Å². The van der Waals surface area contributed by atoms with E-state index in [1.165, 1.54) is 22.5 Å². The molecule has 0 atom stereocenters. The molecule has 0 aliphatic heterocycles. The highest BCUT2D eigenvalue weighted by Crippen LogP contribution is 2.24. The number of ether oxygens (including phenoxy) is 1. The molecule has 0 N–H and O–H groups in total. The predicted molar refractivity (Wildman–Crippen MR) is 111 cm³/mol. The number of ketones is 1. The van der Waals surface area contributed by atoms with Gasteiger partial charge >= 0.3 is 5.97 Å². The van der Waals surface area contributed by atoms with E-state index in [0.717, 1.165) is 5.56 Å². The van der Waals surface area contributed by atoms with E-state index in [9.17, 15) is 14.4 Å². The fourth-order valence-electron chi connectivity index (χ4n) is 2.83. The quantitative estimate of drug-likeness (QED) is 0.420. The Balaban J connectivity index is 1.55. The number of hydrogen-bond acceptors (Lipinski definition) is 5. The van der Waals surface area contributed by atoms with Gasteiger partial charge < -0.3 is 18.6 Å². The summed E-state index contributed by atoms with van der Waals surface area (Å²) in [6, 6.07) is 12.3. The number of Topliss-reactive ketones (excluding diaryl/α,β-unsaturated/α-hetero) is 1. The lowest BCUT2D eigenvalue weighted by Gasteiger charge is -2.15. The van der Waals surface area contributed by atoms with Crippen LogP contribution in [0.25, 0.3) is 11.3 Å². The third-order valence-electron chi connectivity index (χ3n) is 4.56. The van der Waals surface area contributed by atoms with Crippen molar-refractivity contribution in [2.75, 3.05) is 13.7 Å². The van der Waals surface area contributed by atoms with Gasteiger partial charge in [0.1, 0.15) is 17.2 Å². The van der Waals surface area contributed by atoms with Gasteiger partial charge in [-0.2, -0.15) is 0 Å². The lowest BCUT2D eigenvalue weighted by molar-refractivity contribution is -0.134. The van der Waals surface area contributed by atoms with Gasteiger partial charge in [0.05, 0.1) is 6.54 Å². The smallest absolute Gasteiger partial charge is 0.355 e. The van der Waals surface area contributed by atoms with Crippen molar-refractivity contribution in [1.29, 1.82) is 0 Å². The van der Waals surface area contributed by atoms with Crippen LogP contribution in [0.5, 0.6) is 0 Å². The zero-order chi connectivity index (χ0) is 21.8. The van der Waals surface area contributed by atoms with Gasteiger partial charge in [-0.05, 0) is 49.4 Å². The van der Waals surface area contributed by atoms with Crippen molar-refractivity contribution < 1.29 is 23.5 Å². The van der Waals surface area contributed by atoms with E-state index in [1.807, 2.05) is 18.2 Å².